The summed E-state index contributed by atoms with van der Waals surface area (Å²) in [5.74, 6) is -0.501. The van der Waals surface area contributed by atoms with Crippen molar-refractivity contribution < 1.29 is 19.1 Å². The quantitative estimate of drug-likeness (QED) is 0.323. The van der Waals surface area contributed by atoms with Crippen LogP contribution in [-0.4, -0.2) is 49.3 Å². The number of para-hydroxylation sites is 1. The SMILES string of the molecule is COc1cc(-c2ccc(C=O)cc2)c(C(N)=O)cc1NC1N=C(Nc2ccccc2C(N)=O)C(Cl)=CN1C. The number of ether oxygens (including phenoxy) is 1. The van der Waals surface area contributed by atoms with Crippen LogP contribution in [0.2, 0.25) is 0 Å². The highest BCUT2D eigenvalue weighted by molar-refractivity contribution is 6.45. The predicted molar refractivity (Wildman–Crippen MR) is 147 cm³/mol. The van der Waals surface area contributed by atoms with E-state index in [-0.39, 0.29) is 11.1 Å². The first kappa shape index (κ1) is 26.2. The second-order valence-corrected chi connectivity index (χ2v) is 8.78. The van der Waals surface area contributed by atoms with Crippen molar-refractivity contribution in [2.75, 3.05) is 24.8 Å². The lowest BCUT2D eigenvalue weighted by molar-refractivity contribution is 0.0992. The van der Waals surface area contributed by atoms with Gasteiger partial charge in [-0.25, -0.2) is 4.99 Å². The van der Waals surface area contributed by atoms with Gasteiger partial charge in [0.05, 0.1) is 29.1 Å². The molecule has 10 nitrogen and oxygen atoms in total. The van der Waals surface area contributed by atoms with Crippen LogP contribution < -0.4 is 26.8 Å². The molecular formula is C27H25ClN6O4. The smallest absolute Gasteiger partial charge is 0.250 e. The van der Waals surface area contributed by atoms with Crippen LogP contribution in [0.3, 0.4) is 0 Å². The Kier molecular flexibility index (Phi) is 7.63. The van der Waals surface area contributed by atoms with Gasteiger partial charge in [0.2, 0.25) is 5.91 Å². The summed E-state index contributed by atoms with van der Waals surface area (Å²) in [6.45, 7) is 0. The Labute approximate surface area is 223 Å². The molecule has 6 N–H and O–H groups in total. The van der Waals surface area contributed by atoms with Gasteiger partial charge < -0.3 is 31.7 Å². The maximum Gasteiger partial charge on any atom is 0.250 e. The van der Waals surface area contributed by atoms with Crippen molar-refractivity contribution in [3.63, 3.8) is 0 Å². The zero-order valence-corrected chi connectivity index (χ0v) is 21.3. The topological polar surface area (TPSA) is 152 Å². The van der Waals surface area contributed by atoms with Crippen molar-refractivity contribution >= 4 is 46.9 Å². The van der Waals surface area contributed by atoms with Crippen LogP contribution in [0.25, 0.3) is 11.1 Å². The van der Waals surface area contributed by atoms with Gasteiger partial charge in [-0.3, -0.25) is 14.4 Å². The minimum Gasteiger partial charge on any atom is -0.495 e. The molecule has 0 aliphatic carbocycles. The van der Waals surface area contributed by atoms with Crippen LogP contribution in [0.5, 0.6) is 5.75 Å². The lowest BCUT2D eigenvalue weighted by atomic mass is 9.97. The Bertz CT molecular complexity index is 1470. The predicted octanol–water partition coefficient (Wildman–Crippen LogP) is 3.60. The fourth-order valence-electron chi connectivity index (χ4n) is 3.93. The monoisotopic (exact) mass is 532 g/mol. The number of hydrogen-bond donors (Lipinski definition) is 4. The molecule has 1 atom stereocenters. The first-order valence-corrected chi connectivity index (χ1v) is 11.8. The van der Waals surface area contributed by atoms with Crippen molar-refractivity contribution in [3.05, 3.63) is 88.6 Å². The maximum absolute atomic E-state index is 12.4. The number of hydrogen-bond acceptors (Lipinski definition) is 8. The van der Waals surface area contributed by atoms with Crippen molar-refractivity contribution in [2.24, 2.45) is 16.5 Å². The number of aliphatic imine (C=N–C) groups is 1. The molecule has 1 unspecified atom stereocenters. The number of primary amides is 2. The highest BCUT2D eigenvalue weighted by Gasteiger charge is 2.24. The fraction of sp³-hybridized carbons (Fsp3) is 0.111. The minimum atomic E-state index is -0.673. The van der Waals surface area contributed by atoms with Crippen LogP contribution in [0.4, 0.5) is 11.4 Å². The molecule has 1 heterocycles. The van der Waals surface area contributed by atoms with E-state index in [2.05, 4.69) is 15.6 Å². The van der Waals surface area contributed by atoms with Gasteiger partial charge in [0.1, 0.15) is 17.9 Å². The van der Waals surface area contributed by atoms with Gasteiger partial charge in [-0.15, -0.1) is 0 Å². The van der Waals surface area contributed by atoms with E-state index in [4.69, 9.17) is 27.8 Å². The molecule has 0 fully saturated rings. The second kappa shape index (κ2) is 11.1. The molecule has 0 saturated heterocycles. The number of carbonyl (C=O) groups is 3. The highest BCUT2D eigenvalue weighted by Crippen LogP contribution is 2.35. The van der Waals surface area contributed by atoms with E-state index in [0.29, 0.717) is 44.7 Å². The van der Waals surface area contributed by atoms with Gasteiger partial charge >= 0.3 is 0 Å². The van der Waals surface area contributed by atoms with E-state index in [1.807, 2.05) is 0 Å². The Morgan fingerprint density at radius 1 is 1.03 bits per heavy atom. The largest absolute Gasteiger partial charge is 0.495 e. The maximum atomic E-state index is 12.4. The third-order valence-electron chi connectivity index (χ3n) is 5.87. The standard InChI is InChI=1S/C27H25ClN6O4/c1-34-13-20(28)26(31-21-6-4-3-5-17(21)24(29)36)33-27(34)32-22-11-19(25(30)37)18(12-23(22)38-2)16-9-7-15(14-35)8-10-16/h3-14,27,32H,1-2H3,(H2,29,36)(H2,30,37)(H,31,33). The number of methoxy groups -OCH3 is 1. The molecule has 0 bridgehead atoms. The number of halogens is 1. The molecule has 1 aliphatic heterocycles. The highest BCUT2D eigenvalue weighted by atomic mass is 35.5. The molecule has 0 saturated carbocycles. The normalized spacial score (nSPS) is 14.7. The zero-order chi connectivity index (χ0) is 27.4. The molecule has 1 aliphatic rings. The van der Waals surface area contributed by atoms with Gasteiger partial charge in [-0.1, -0.05) is 48.0 Å². The molecule has 2 amide bonds. The van der Waals surface area contributed by atoms with E-state index in [1.54, 1.807) is 78.8 Å². The van der Waals surface area contributed by atoms with Gasteiger partial charge in [0, 0.05) is 24.4 Å². The summed E-state index contributed by atoms with van der Waals surface area (Å²) in [7, 11) is 3.27. The molecule has 0 aromatic heterocycles. The summed E-state index contributed by atoms with van der Waals surface area (Å²) in [5.41, 5.74) is 14.4. The minimum absolute atomic E-state index is 0.247. The number of rotatable bonds is 8. The van der Waals surface area contributed by atoms with Crippen molar-refractivity contribution in [2.45, 2.75) is 6.29 Å². The summed E-state index contributed by atoms with van der Waals surface area (Å²) in [6.07, 6.45) is 1.73. The van der Waals surface area contributed by atoms with Crippen molar-refractivity contribution in [1.29, 1.82) is 0 Å². The Morgan fingerprint density at radius 2 is 1.71 bits per heavy atom. The van der Waals surface area contributed by atoms with E-state index >= 15 is 0 Å². The summed E-state index contributed by atoms with van der Waals surface area (Å²) in [4.78, 5) is 41.6. The van der Waals surface area contributed by atoms with Crippen LogP contribution >= 0.6 is 11.6 Å². The Balaban J connectivity index is 1.70. The Morgan fingerprint density at radius 3 is 2.34 bits per heavy atom. The number of nitrogens with one attached hydrogen (secondary N) is 2. The molecule has 38 heavy (non-hydrogen) atoms. The second-order valence-electron chi connectivity index (χ2n) is 8.38. The van der Waals surface area contributed by atoms with Crippen molar-refractivity contribution in [1.82, 2.24) is 4.90 Å². The van der Waals surface area contributed by atoms with Crippen LogP contribution in [0.15, 0.2) is 76.9 Å². The van der Waals surface area contributed by atoms with Gasteiger partial charge in [0.15, 0.2) is 6.29 Å². The molecule has 4 rings (SSSR count). The lowest BCUT2D eigenvalue weighted by Gasteiger charge is -2.31. The number of aldehydes is 1. The number of nitrogens with two attached hydrogens (primary N) is 2. The van der Waals surface area contributed by atoms with E-state index in [0.717, 1.165) is 6.29 Å². The lowest BCUT2D eigenvalue weighted by Crippen LogP contribution is -2.38. The molecule has 3 aromatic carbocycles. The van der Waals surface area contributed by atoms with E-state index in [1.165, 1.54) is 7.11 Å². The first-order valence-electron chi connectivity index (χ1n) is 11.4. The number of anilines is 2. The fourth-order valence-corrected chi connectivity index (χ4v) is 4.18. The third kappa shape index (κ3) is 5.45. The number of amidine groups is 1. The number of nitrogens with zero attached hydrogens (tertiary/aromatic N) is 2. The zero-order valence-electron chi connectivity index (χ0n) is 20.6. The number of carbonyl (C=O) groups excluding carboxylic acids is 3. The molecule has 0 spiro atoms. The molecule has 194 valence electrons. The van der Waals surface area contributed by atoms with Gasteiger partial charge in [0.25, 0.3) is 5.91 Å². The van der Waals surface area contributed by atoms with Gasteiger partial charge in [-0.05, 0) is 35.4 Å². The molecule has 0 radical (unpaired) electrons. The number of amides is 2. The summed E-state index contributed by atoms with van der Waals surface area (Å²) < 4.78 is 5.60. The average Bonchev–Trinajstić information content (AvgIpc) is 2.91. The van der Waals surface area contributed by atoms with Gasteiger partial charge in [-0.2, -0.15) is 0 Å². The molecular weight excluding hydrogens is 508 g/mol. The number of benzene rings is 3. The average molecular weight is 533 g/mol. The van der Waals surface area contributed by atoms with Crippen LogP contribution in [0, 0.1) is 0 Å². The van der Waals surface area contributed by atoms with Crippen molar-refractivity contribution in [3.8, 4) is 16.9 Å². The van der Waals surface area contributed by atoms with E-state index < -0.39 is 18.1 Å². The summed E-state index contributed by atoms with van der Waals surface area (Å²) >= 11 is 6.44. The molecule has 11 heteroatoms. The summed E-state index contributed by atoms with van der Waals surface area (Å²) in [5, 5.41) is 6.62. The Hall–Kier alpha value is -4.83. The summed E-state index contributed by atoms with van der Waals surface area (Å²) in [6, 6.07) is 16.8. The first-order chi connectivity index (χ1) is 18.2. The van der Waals surface area contributed by atoms with Crippen LogP contribution in [0.1, 0.15) is 31.1 Å². The molecule has 3 aromatic rings. The third-order valence-corrected chi connectivity index (χ3v) is 6.15. The van der Waals surface area contributed by atoms with E-state index in [9.17, 15) is 14.4 Å². The van der Waals surface area contributed by atoms with Crippen LogP contribution in [-0.2, 0) is 0 Å².